The molecule has 0 aliphatic heterocycles. The zero-order valence-electron chi connectivity index (χ0n) is 8.24. The molecule has 0 N–H and O–H groups in total. The van der Waals surface area contributed by atoms with E-state index in [1.54, 1.807) is 18.2 Å². The number of nitrogens with zero attached hydrogens (tertiary/aromatic N) is 1. The summed E-state index contributed by atoms with van der Waals surface area (Å²) in [5.74, 6) is 0.0341. The van der Waals surface area contributed by atoms with Crippen LogP contribution in [-0.2, 0) is 4.79 Å². The fraction of sp³-hybridized carbons (Fsp3) is 0.167. The van der Waals surface area contributed by atoms with Gasteiger partial charge in [0.05, 0.1) is 11.6 Å². The largest absolute Gasteiger partial charge is 0.295 e. The number of ketones is 1. The molecule has 1 rings (SSSR count). The van der Waals surface area contributed by atoms with Crippen LogP contribution in [0.2, 0.25) is 0 Å². The lowest BCUT2D eigenvalue weighted by molar-refractivity contribution is -0.112. The molecule has 0 unspecified atom stereocenters. The first-order chi connectivity index (χ1) is 6.63. The zero-order chi connectivity index (χ0) is 10.6. The maximum absolute atomic E-state index is 10.8. The van der Waals surface area contributed by atoms with E-state index >= 15 is 0 Å². The Labute approximate surface area is 83.5 Å². The van der Waals surface area contributed by atoms with Gasteiger partial charge in [-0.1, -0.05) is 12.1 Å². The van der Waals surface area contributed by atoms with Gasteiger partial charge in [0, 0.05) is 0 Å². The molecule has 0 amide bonds. The Hall–Kier alpha value is -1.88. The molecule has 0 radical (unpaired) electrons. The van der Waals surface area contributed by atoms with Gasteiger partial charge in [-0.05, 0) is 43.2 Å². The predicted molar refractivity (Wildman–Crippen MR) is 55.5 cm³/mol. The van der Waals surface area contributed by atoms with E-state index in [0.29, 0.717) is 5.56 Å². The van der Waals surface area contributed by atoms with Crippen LogP contribution in [0.4, 0.5) is 0 Å². The molecule has 0 spiro atoms. The minimum atomic E-state index is 0.0341. The number of benzene rings is 1. The van der Waals surface area contributed by atoms with Crippen LogP contribution in [-0.4, -0.2) is 5.78 Å². The van der Waals surface area contributed by atoms with Crippen molar-refractivity contribution in [3.8, 4) is 6.07 Å². The van der Waals surface area contributed by atoms with Gasteiger partial charge >= 0.3 is 0 Å². The van der Waals surface area contributed by atoms with Crippen molar-refractivity contribution in [2.24, 2.45) is 0 Å². The topological polar surface area (TPSA) is 40.9 Å². The van der Waals surface area contributed by atoms with Crippen molar-refractivity contribution in [1.29, 1.82) is 5.26 Å². The third kappa shape index (κ3) is 2.56. The minimum absolute atomic E-state index is 0.0341. The van der Waals surface area contributed by atoms with Crippen LogP contribution in [0, 0.1) is 11.3 Å². The van der Waals surface area contributed by atoms with Crippen LogP contribution in [0.3, 0.4) is 0 Å². The molecule has 0 heterocycles. The maximum atomic E-state index is 10.8. The highest BCUT2D eigenvalue weighted by Crippen LogP contribution is 2.14. The summed E-state index contributed by atoms with van der Waals surface area (Å²) in [7, 11) is 0. The summed E-state index contributed by atoms with van der Waals surface area (Å²) < 4.78 is 0. The van der Waals surface area contributed by atoms with E-state index in [1.807, 2.05) is 25.1 Å². The summed E-state index contributed by atoms with van der Waals surface area (Å²) >= 11 is 0. The second-order valence-electron chi connectivity index (χ2n) is 3.13. The molecule has 0 bridgehead atoms. The Morgan fingerprint density at radius 1 is 1.29 bits per heavy atom. The summed E-state index contributed by atoms with van der Waals surface area (Å²) in [6, 6.07) is 9.21. The molecular weight excluding hydrogens is 174 g/mol. The van der Waals surface area contributed by atoms with Gasteiger partial charge in [-0.15, -0.1) is 0 Å². The molecule has 0 fully saturated rings. The quantitative estimate of drug-likeness (QED) is 0.664. The van der Waals surface area contributed by atoms with Crippen molar-refractivity contribution in [1.82, 2.24) is 0 Å². The highest BCUT2D eigenvalue weighted by atomic mass is 16.1. The van der Waals surface area contributed by atoms with Gasteiger partial charge in [-0.3, -0.25) is 4.79 Å². The van der Waals surface area contributed by atoms with Crippen LogP contribution in [0.15, 0.2) is 30.3 Å². The lowest BCUT2D eigenvalue weighted by Crippen LogP contribution is -1.86. The number of carbonyl (C=O) groups excluding carboxylic acids is 1. The first-order valence-electron chi connectivity index (χ1n) is 4.33. The Morgan fingerprint density at radius 2 is 1.86 bits per heavy atom. The Kier molecular flexibility index (Phi) is 3.19. The molecule has 0 saturated carbocycles. The fourth-order valence-corrected chi connectivity index (χ4v) is 1.20. The smallest absolute Gasteiger partial charge is 0.152 e. The highest BCUT2D eigenvalue weighted by Gasteiger charge is 1.97. The first kappa shape index (κ1) is 10.2. The van der Waals surface area contributed by atoms with Crippen LogP contribution in [0.1, 0.15) is 25.0 Å². The summed E-state index contributed by atoms with van der Waals surface area (Å²) in [6.45, 7) is 3.40. The Balaban J connectivity index is 2.99. The number of nitriles is 1. The van der Waals surface area contributed by atoms with Crippen molar-refractivity contribution >= 4 is 11.4 Å². The standard InChI is InChI=1S/C12H11NO/c1-9(7-10(2)14)12-5-3-11(8-13)4-6-12/h3-7H,1-2H3. The number of allylic oxidation sites excluding steroid dienone is 2. The number of rotatable bonds is 2. The van der Waals surface area contributed by atoms with Crippen molar-refractivity contribution in [2.75, 3.05) is 0 Å². The van der Waals surface area contributed by atoms with Gasteiger partial charge < -0.3 is 0 Å². The van der Waals surface area contributed by atoms with E-state index < -0.39 is 0 Å². The van der Waals surface area contributed by atoms with Crippen LogP contribution in [0.5, 0.6) is 0 Å². The molecule has 0 aliphatic rings. The third-order valence-electron chi connectivity index (χ3n) is 1.89. The van der Waals surface area contributed by atoms with E-state index in [9.17, 15) is 4.79 Å². The van der Waals surface area contributed by atoms with Crippen LogP contribution < -0.4 is 0 Å². The van der Waals surface area contributed by atoms with Gasteiger partial charge in [0.1, 0.15) is 0 Å². The molecule has 0 aliphatic carbocycles. The summed E-state index contributed by atoms with van der Waals surface area (Å²) in [5, 5.41) is 8.59. The molecule has 2 nitrogen and oxygen atoms in total. The van der Waals surface area contributed by atoms with E-state index in [-0.39, 0.29) is 5.78 Å². The second-order valence-corrected chi connectivity index (χ2v) is 3.13. The monoisotopic (exact) mass is 185 g/mol. The van der Waals surface area contributed by atoms with Crippen LogP contribution >= 0.6 is 0 Å². The minimum Gasteiger partial charge on any atom is -0.295 e. The molecule has 0 saturated heterocycles. The summed E-state index contributed by atoms with van der Waals surface area (Å²) in [6.07, 6.45) is 1.58. The Bertz CT molecular complexity index is 407. The fourth-order valence-electron chi connectivity index (χ4n) is 1.20. The number of hydrogen-bond acceptors (Lipinski definition) is 2. The SMILES string of the molecule is CC(=O)C=C(C)c1ccc(C#N)cc1. The predicted octanol–water partition coefficient (Wildman–Crippen LogP) is 2.55. The molecule has 1 aromatic carbocycles. The van der Waals surface area contributed by atoms with Gasteiger partial charge in [0.25, 0.3) is 0 Å². The normalized spacial score (nSPS) is 10.8. The molecule has 0 atom stereocenters. The molecular formula is C12H11NO. The van der Waals surface area contributed by atoms with Crippen molar-refractivity contribution in [2.45, 2.75) is 13.8 Å². The van der Waals surface area contributed by atoms with Gasteiger partial charge in [-0.2, -0.15) is 5.26 Å². The average molecular weight is 185 g/mol. The average Bonchev–Trinajstić information content (AvgIpc) is 2.17. The van der Waals surface area contributed by atoms with E-state index in [4.69, 9.17) is 5.26 Å². The molecule has 70 valence electrons. The van der Waals surface area contributed by atoms with Gasteiger partial charge in [0.15, 0.2) is 5.78 Å². The second kappa shape index (κ2) is 4.38. The van der Waals surface area contributed by atoms with E-state index in [1.165, 1.54) is 6.92 Å². The zero-order valence-corrected chi connectivity index (χ0v) is 8.24. The van der Waals surface area contributed by atoms with Crippen molar-refractivity contribution in [3.05, 3.63) is 41.5 Å². The summed E-state index contributed by atoms with van der Waals surface area (Å²) in [4.78, 5) is 10.8. The summed E-state index contributed by atoms with van der Waals surface area (Å²) in [5.41, 5.74) is 2.52. The van der Waals surface area contributed by atoms with Gasteiger partial charge in [-0.25, -0.2) is 0 Å². The molecule has 2 heteroatoms. The molecule has 14 heavy (non-hydrogen) atoms. The molecule has 0 aromatic heterocycles. The van der Waals surface area contributed by atoms with Crippen molar-refractivity contribution < 1.29 is 4.79 Å². The third-order valence-corrected chi connectivity index (χ3v) is 1.89. The van der Waals surface area contributed by atoms with E-state index in [2.05, 4.69) is 0 Å². The highest BCUT2D eigenvalue weighted by molar-refractivity contribution is 5.94. The van der Waals surface area contributed by atoms with Gasteiger partial charge in [0.2, 0.25) is 0 Å². The lowest BCUT2D eigenvalue weighted by atomic mass is 10.0. The van der Waals surface area contributed by atoms with E-state index in [0.717, 1.165) is 11.1 Å². The lowest BCUT2D eigenvalue weighted by Gasteiger charge is -1.99. The van der Waals surface area contributed by atoms with Crippen molar-refractivity contribution in [3.63, 3.8) is 0 Å². The maximum Gasteiger partial charge on any atom is 0.152 e. The first-order valence-corrected chi connectivity index (χ1v) is 4.33. The number of hydrogen-bond donors (Lipinski definition) is 0. The Morgan fingerprint density at radius 3 is 2.29 bits per heavy atom. The van der Waals surface area contributed by atoms with Crippen LogP contribution in [0.25, 0.3) is 5.57 Å². The molecule has 1 aromatic rings. The number of carbonyl (C=O) groups is 1.